The summed E-state index contributed by atoms with van der Waals surface area (Å²) in [5.41, 5.74) is 0.331. The Bertz CT molecular complexity index is 444. The normalized spacial score (nSPS) is 18.1. The van der Waals surface area contributed by atoms with Crippen LogP contribution in [-0.2, 0) is 0 Å². The van der Waals surface area contributed by atoms with Gasteiger partial charge in [0.2, 0.25) is 0 Å². The first-order valence-corrected chi connectivity index (χ1v) is 6.81. The topological polar surface area (TPSA) is 42.0 Å². The van der Waals surface area contributed by atoms with E-state index >= 15 is 0 Å². The van der Waals surface area contributed by atoms with E-state index in [-0.39, 0.29) is 16.6 Å². The van der Waals surface area contributed by atoms with Crippen molar-refractivity contribution in [1.82, 2.24) is 10.3 Å². The Morgan fingerprint density at radius 2 is 2.18 bits per heavy atom. The van der Waals surface area contributed by atoms with Gasteiger partial charge in [0.05, 0.1) is 5.56 Å². The summed E-state index contributed by atoms with van der Waals surface area (Å²) in [6.07, 6.45) is 5.97. The van der Waals surface area contributed by atoms with Crippen molar-refractivity contribution < 1.29 is 4.79 Å². The summed E-state index contributed by atoms with van der Waals surface area (Å²) in [6.45, 7) is 2.08. The SMILES string of the molecule is CC1(NC(=O)c2cc(Br)cnc2Cl)CCCC1. The Morgan fingerprint density at radius 3 is 2.82 bits per heavy atom. The molecule has 0 aromatic carbocycles. The molecular weight excluding hydrogens is 304 g/mol. The molecule has 1 aromatic rings. The molecular formula is C12H14BrClN2O. The van der Waals surface area contributed by atoms with Gasteiger partial charge in [-0.1, -0.05) is 24.4 Å². The molecule has 0 aliphatic heterocycles. The van der Waals surface area contributed by atoms with E-state index in [4.69, 9.17) is 11.6 Å². The number of amides is 1. The van der Waals surface area contributed by atoms with Gasteiger partial charge in [0, 0.05) is 16.2 Å². The van der Waals surface area contributed by atoms with Crippen LogP contribution in [0.3, 0.4) is 0 Å². The van der Waals surface area contributed by atoms with Crippen molar-refractivity contribution in [3.05, 3.63) is 27.5 Å². The third kappa shape index (κ3) is 2.99. The summed E-state index contributed by atoms with van der Waals surface area (Å²) < 4.78 is 0.753. The average Bonchev–Trinajstić information content (AvgIpc) is 2.68. The maximum atomic E-state index is 12.1. The minimum absolute atomic E-state index is 0.0945. The fourth-order valence-corrected chi connectivity index (χ4v) is 2.72. The summed E-state index contributed by atoms with van der Waals surface area (Å²) in [5.74, 6) is -0.145. The zero-order valence-electron chi connectivity index (χ0n) is 9.59. The first kappa shape index (κ1) is 12.8. The van der Waals surface area contributed by atoms with Crippen LogP contribution in [0.4, 0.5) is 0 Å². The number of carbonyl (C=O) groups is 1. The standard InChI is InChI=1S/C12H14BrClN2O/c1-12(4-2-3-5-12)16-11(17)9-6-8(13)7-15-10(9)14/h6-7H,2-5H2,1H3,(H,16,17). The van der Waals surface area contributed by atoms with E-state index < -0.39 is 0 Å². The molecule has 1 amide bonds. The van der Waals surface area contributed by atoms with E-state index in [1.165, 1.54) is 12.8 Å². The highest BCUT2D eigenvalue weighted by atomic mass is 79.9. The van der Waals surface area contributed by atoms with Gasteiger partial charge in [-0.05, 0) is 41.8 Å². The number of pyridine rings is 1. The number of nitrogens with zero attached hydrogens (tertiary/aromatic N) is 1. The summed E-state index contributed by atoms with van der Waals surface area (Å²) in [4.78, 5) is 16.1. The van der Waals surface area contributed by atoms with Crippen LogP contribution in [-0.4, -0.2) is 16.4 Å². The zero-order chi connectivity index (χ0) is 12.5. The van der Waals surface area contributed by atoms with Gasteiger partial charge < -0.3 is 5.32 Å². The number of hydrogen-bond acceptors (Lipinski definition) is 2. The molecule has 0 atom stereocenters. The third-order valence-corrected chi connectivity index (χ3v) is 3.91. The van der Waals surface area contributed by atoms with Crippen molar-refractivity contribution in [2.75, 3.05) is 0 Å². The van der Waals surface area contributed by atoms with Crippen molar-refractivity contribution in [1.29, 1.82) is 0 Å². The molecule has 0 spiro atoms. The molecule has 1 N–H and O–H groups in total. The summed E-state index contributed by atoms with van der Waals surface area (Å²) in [6, 6.07) is 1.70. The van der Waals surface area contributed by atoms with Crippen molar-refractivity contribution in [3.8, 4) is 0 Å². The van der Waals surface area contributed by atoms with Crippen LogP contribution in [0, 0.1) is 0 Å². The van der Waals surface area contributed by atoms with Gasteiger partial charge in [0.25, 0.3) is 5.91 Å². The number of carbonyl (C=O) groups excluding carboxylic acids is 1. The van der Waals surface area contributed by atoms with Crippen molar-refractivity contribution in [2.24, 2.45) is 0 Å². The van der Waals surface area contributed by atoms with Crippen LogP contribution < -0.4 is 5.32 Å². The third-order valence-electron chi connectivity index (χ3n) is 3.17. The Labute approximate surface area is 114 Å². The van der Waals surface area contributed by atoms with Crippen LogP contribution in [0.1, 0.15) is 43.0 Å². The summed E-state index contributed by atoms with van der Waals surface area (Å²) in [7, 11) is 0. The smallest absolute Gasteiger partial charge is 0.254 e. The molecule has 0 bridgehead atoms. The molecule has 1 heterocycles. The molecule has 1 aliphatic rings. The molecule has 1 aromatic heterocycles. The molecule has 0 saturated heterocycles. The molecule has 0 radical (unpaired) electrons. The maximum Gasteiger partial charge on any atom is 0.254 e. The average molecular weight is 318 g/mol. The van der Waals surface area contributed by atoms with E-state index in [0.29, 0.717) is 5.56 Å². The molecule has 3 nitrogen and oxygen atoms in total. The number of aromatic nitrogens is 1. The minimum Gasteiger partial charge on any atom is -0.347 e. The van der Waals surface area contributed by atoms with Crippen LogP contribution in [0.5, 0.6) is 0 Å². The second-order valence-corrected chi connectivity index (χ2v) is 5.99. The molecule has 17 heavy (non-hydrogen) atoms. The zero-order valence-corrected chi connectivity index (χ0v) is 11.9. The van der Waals surface area contributed by atoms with Crippen LogP contribution in [0.25, 0.3) is 0 Å². The van der Waals surface area contributed by atoms with E-state index in [1.807, 2.05) is 0 Å². The lowest BCUT2D eigenvalue weighted by atomic mass is 10.0. The Balaban J connectivity index is 2.17. The number of halogens is 2. The number of nitrogens with one attached hydrogen (secondary N) is 1. The monoisotopic (exact) mass is 316 g/mol. The van der Waals surface area contributed by atoms with Gasteiger partial charge in [0.1, 0.15) is 5.15 Å². The second kappa shape index (κ2) is 4.94. The fraction of sp³-hybridized carbons (Fsp3) is 0.500. The van der Waals surface area contributed by atoms with Crippen LogP contribution in [0.2, 0.25) is 5.15 Å². The molecule has 1 aliphatic carbocycles. The lowest BCUT2D eigenvalue weighted by Gasteiger charge is -2.25. The van der Waals surface area contributed by atoms with Gasteiger partial charge >= 0.3 is 0 Å². The largest absolute Gasteiger partial charge is 0.347 e. The highest BCUT2D eigenvalue weighted by Gasteiger charge is 2.31. The Morgan fingerprint density at radius 1 is 1.53 bits per heavy atom. The molecule has 2 rings (SSSR count). The van der Waals surface area contributed by atoms with Gasteiger partial charge in [-0.3, -0.25) is 4.79 Å². The molecule has 0 unspecified atom stereocenters. The Kier molecular flexibility index (Phi) is 3.73. The number of rotatable bonds is 2. The fourth-order valence-electron chi connectivity index (χ4n) is 2.20. The first-order chi connectivity index (χ1) is 8.00. The van der Waals surface area contributed by atoms with E-state index in [9.17, 15) is 4.79 Å². The van der Waals surface area contributed by atoms with Gasteiger partial charge in [-0.15, -0.1) is 0 Å². The summed E-state index contributed by atoms with van der Waals surface area (Å²) >= 11 is 9.22. The Hall–Kier alpha value is -0.610. The van der Waals surface area contributed by atoms with E-state index in [2.05, 4.69) is 33.2 Å². The highest BCUT2D eigenvalue weighted by Crippen LogP contribution is 2.29. The highest BCUT2D eigenvalue weighted by molar-refractivity contribution is 9.10. The van der Waals surface area contributed by atoms with Gasteiger partial charge in [-0.2, -0.15) is 0 Å². The quantitative estimate of drug-likeness (QED) is 0.847. The lowest BCUT2D eigenvalue weighted by Crippen LogP contribution is -2.43. The van der Waals surface area contributed by atoms with Crippen molar-refractivity contribution >= 4 is 33.4 Å². The lowest BCUT2D eigenvalue weighted by molar-refractivity contribution is 0.0908. The predicted molar refractivity (Wildman–Crippen MR) is 71.3 cm³/mol. The summed E-state index contributed by atoms with van der Waals surface area (Å²) in [5, 5.41) is 3.30. The molecule has 92 valence electrons. The number of hydrogen-bond donors (Lipinski definition) is 1. The predicted octanol–water partition coefficient (Wildman–Crippen LogP) is 3.56. The van der Waals surface area contributed by atoms with Crippen molar-refractivity contribution in [2.45, 2.75) is 38.1 Å². The minimum atomic E-state index is -0.145. The molecule has 1 fully saturated rings. The van der Waals surface area contributed by atoms with E-state index in [0.717, 1.165) is 17.3 Å². The first-order valence-electron chi connectivity index (χ1n) is 5.64. The van der Waals surface area contributed by atoms with Crippen LogP contribution >= 0.6 is 27.5 Å². The maximum absolute atomic E-state index is 12.1. The van der Waals surface area contributed by atoms with Crippen molar-refractivity contribution in [3.63, 3.8) is 0 Å². The van der Waals surface area contributed by atoms with Crippen LogP contribution in [0.15, 0.2) is 16.7 Å². The van der Waals surface area contributed by atoms with E-state index in [1.54, 1.807) is 12.3 Å². The molecule has 5 heteroatoms. The second-order valence-electron chi connectivity index (χ2n) is 4.71. The van der Waals surface area contributed by atoms with Gasteiger partial charge in [0.15, 0.2) is 0 Å². The van der Waals surface area contributed by atoms with Gasteiger partial charge in [-0.25, -0.2) is 4.98 Å². The molecule has 1 saturated carbocycles.